The van der Waals surface area contributed by atoms with Gasteiger partial charge in [-0.05, 0) is 59.8 Å². The van der Waals surface area contributed by atoms with Crippen molar-refractivity contribution in [1.82, 2.24) is 0 Å². The van der Waals surface area contributed by atoms with Crippen molar-refractivity contribution < 1.29 is 33.3 Å². The molecule has 37 heavy (non-hydrogen) atoms. The maximum atomic E-state index is 13.6. The number of amides is 2. The minimum Gasteiger partial charge on any atom is -0.484 e. The van der Waals surface area contributed by atoms with E-state index in [0.29, 0.717) is 50.2 Å². The average Bonchev–Trinajstić information content (AvgIpc) is 3.62. The topological polar surface area (TPSA) is 122 Å². The van der Waals surface area contributed by atoms with Crippen molar-refractivity contribution in [1.29, 1.82) is 0 Å². The van der Waals surface area contributed by atoms with Gasteiger partial charge in [0.25, 0.3) is 11.8 Å². The number of amidine groups is 1. The Bertz CT molecular complexity index is 1470. The molecule has 1 fully saturated rings. The van der Waals surface area contributed by atoms with E-state index < -0.39 is 5.91 Å². The van der Waals surface area contributed by atoms with Gasteiger partial charge in [-0.3, -0.25) is 14.5 Å². The Morgan fingerprint density at radius 1 is 0.946 bits per heavy atom. The number of rotatable bonds is 6. The number of primary amides is 1. The van der Waals surface area contributed by atoms with Crippen molar-refractivity contribution in [2.24, 2.45) is 10.7 Å². The first kappa shape index (κ1) is 22.8. The van der Waals surface area contributed by atoms with Crippen LogP contribution in [0, 0.1) is 0 Å². The Kier molecular flexibility index (Phi) is 5.81. The van der Waals surface area contributed by atoms with E-state index >= 15 is 0 Å². The summed E-state index contributed by atoms with van der Waals surface area (Å²) in [7, 11) is 0. The Balaban J connectivity index is 1.34. The lowest BCUT2D eigenvalue weighted by Gasteiger charge is -2.16. The molecule has 0 unspecified atom stereocenters. The van der Waals surface area contributed by atoms with E-state index in [1.54, 1.807) is 66.7 Å². The van der Waals surface area contributed by atoms with Crippen molar-refractivity contribution in [3.8, 4) is 28.7 Å². The van der Waals surface area contributed by atoms with Gasteiger partial charge in [0, 0.05) is 12.1 Å². The molecule has 3 aliphatic heterocycles. The predicted molar refractivity (Wildman–Crippen MR) is 136 cm³/mol. The minimum absolute atomic E-state index is 0.129. The largest absolute Gasteiger partial charge is 0.484 e. The molecule has 186 valence electrons. The number of hydrogen-bond donors (Lipinski definition) is 1. The highest BCUT2D eigenvalue weighted by Crippen LogP contribution is 2.42. The summed E-state index contributed by atoms with van der Waals surface area (Å²) >= 11 is 1.25. The molecular formula is C26H19N3O7S. The van der Waals surface area contributed by atoms with Crippen LogP contribution in [0.4, 0.5) is 11.4 Å². The lowest BCUT2D eigenvalue weighted by atomic mass is 10.2. The second-order valence-electron chi connectivity index (χ2n) is 8.04. The number of nitrogens with zero attached hydrogens (tertiary/aromatic N) is 2. The number of fused-ring (bicyclic) bond motifs is 2. The Hall–Kier alpha value is -4.64. The first-order chi connectivity index (χ1) is 18.0. The average molecular weight is 518 g/mol. The highest BCUT2D eigenvalue weighted by molar-refractivity contribution is 8.19. The number of hydrogen-bond acceptors (Lipinski definition) is 9. The summed E-state index contributed by atoms with van der Waals surface area (Å²) in [6.45, 7) is 0.0774. The van der Waals surface area contributed by atoms with E-state index in [2.05, 4.69) is 0 Å². The molecule has 10 nitrogen and oxygen atoms in total. The number of thioether (sulfide) groups is 1. The number of ether oxygens (including phenoxy) is 5. The number of carbonyl (C=O) groups excluding carboxylic acids is 2. The van der Waals surface area contributed by atoms with Gasteiger partial charge in [0.1, 0.15) is 5.75 Å². The SMILES string of the molecule is NC(=O)COc1ccc(C=C2SC(=Nc3ccc4c(c3)OCO4)N(c3ccc4c(c3)OCO4)C2=O)cc1. The number of anilines is 1. The summed E-state index contributed by atoms with van der Waals surface area (Å²) in [5.74, 6) is 2.12. The molecule has 3 heterocycles. The van der Waals surface area contributed by atoms with Crippen LogP contribution in [-0.2, 0) is 9.59 Å². The molecule has 0 aromatic heterocycles. The third-order valence-corrected chi connectivity index (χ3v) is 6.53. The summed E-state index contributed by atoms with van der Waals surface area (Å²) < 4.78 is 27.1. The van der Waals surface area contributed by atoms with Crippen molar-refractivity contribution in [3.05, 3.63) is 71.1 Å². The molecule has 1 saturated heterocycles. The van der Waals surface area contributed by atoms with Crippen LogP contribution in [0.25, 0.3) is 6.08 Å². The first-order valence-electron chi connectivity index (χ1n) is 11.2. The summed E-state index contributed by atoms with van der Waals surface area (Å²) in [5.41, 5.74) is 7.11. The van der Waals surface area contributed by atoms with E-state index in [0.717, 1.165) is 5.56 Å². The van der Waals surface area contributed by atoms with Crippen LogP contribution in [0.3, 0.4) is 0 Å². The van der Waals surface area contributed by atoms with Gasteiger partial charge in [-0.2, -0.15) is 0 Å². The number of nitrogens with two attached hydrogens (primary N) is 1. The van der Waals surface area contributed by atoms with E-state index in [4.69, 9.17) is 34.4 Å². The van der Waals surface area contributed by atoms with Gasteiger partial charge in [-0.25, -0.2) is 4.99 Å². The standard InChI is InChI=1S/C26H19N3O7S/c27-24(30)12-32-18-5-1-15(2-6-18)9-23-25(31)29(17-4-8-20-22(11-17)36-14-34-20)26(37-23)28-16-3-7-19-21(10-16)35-13-33-19/h1-11H,12-14H2,(H2,27,30). The van der Waals surface area contributed by atoms with Crippen LogP contribution in [0.2, 0.25) is 0 Å². The van der Waals surface area contributed by atoms with E-state index in [1.807, 2.05) is 0 Å². The molecule has 3 aromatic rings. The van der Waals surface area contributed by atoms with E-state index in [-0.39, 0.29) is 26.1 Å². The molecule has 3 aromatic carbocycles. The van der Waals surface area contributed by atoms with Crippen LogP contribution in [-0.4, -0.2) is 37.2 Å². The van der Waals surface area contributed by atoms with Gasteiger partial charge in [0.05, 0.1) is 16.3 Å². The molecule has 6 rings (SSSR count). The summed E-state index contributed by atoms with van der Waals surface area (Å²) in [6, 6.07) is 17.6. The fraction of sp³-hybridized carbons (Fsp3) is 0.115. The number of carbonyl (C=O) groups is 2. The molecular weight excluding hydrogens is 498 g/mol. The lowest BCUT2D eigenvalue weighted by Crippen LogP contribution is -2.28. The molecule has 3 aliphatic rings. The van der Waals surface area contributed by atoms with Gasteiger partial charge < -0.3 is 29.4 Å². The highest BCUT2D eigenvalue weighted by Gasteiger charge is 2.35. The second-order valence-corrected chi connectivity index (χ2v) is 9.05. The zero-order valence-corrected chi connectivity index (χ0v) is 20.0. The lowest BCUT2D eigenvalue weighted by molar-refractivity contribution is -0.120. The summed E-state index contributed by atoms with van der Waals surface area (Å²) in [4.78, 5) is 31.3. The van der Waals surface area contributed by atoms with Crippen molar-refractivity contribution >= 4 is 46.2 Å². The van der Waals surface area contributed by atoms with Crippen molar-refractivity contribution in [2.75, 3.05) is 25.1 Å². The van der Waals surface area contributed by atoms with Crippen LogP contribution in [0.15, 0.2) is 70.6 Å². The summed E-state index contributed by atoms with van der Waals surface area (Å²) in [6.07, 6.45) is 1.77. The smallest absolute Gasteiger partial charge is 0.271 e. The fourth-order valence-corrected chi connectivity index (χ4v) is 4.83. The second kappa shape index (κ2) is 9.43. The quantitative estimate of drug-likeness (QED) is 0.490. The number of benzene rings is 3. The van der Waals surface area contributed by atoms with Crippen LogP contribution in [0.1, 0.15) is 5.56 Å². The zero-order chi connectivity index (χ0) is 25.4. The molecule has 0 radical (unpaired) electrons. The van der Waals surface area contributed by atoms with Crippen molar-refractivity contribution in [2.45, 2.75) is 0 Å². The maximum absolute atomic E-state index is 13.6. The zero-order valence-electron chi connectivity index (χ0n) is 19.2. The molecule has 11 heteroatoms. The van der Waals surface area contributed by atoms with Crippen LogP contribution >= 0.6 is 11.8 Å². The fourth-order valence-electron chi connectivity index (χ4n) is 3.83. The first-order valence-corrected chi connectivity index (χ1v) is 12.0. The van der Waals surface area contributed by atoms with Crippen molar-refractivity contribution in [3.63, 3.8) is 0 Å². The summed E-state index contributed by atoms with van der Waals surface area (Å²) in [5, 5.41) is 0.468. The van der Waals surface area contributed by atoms with E-state index in [1.165, 1.54) is 16.7 Å². The van der Waals surface area contributed by atoms with Gasteiger partial charge in [0.15, 0.2) is 34.8 Å². The third-order valence-electron chi connectivity index (χ3n) is 5.56. The van der Waals surface area contributed by atoms with Crippen LogP contribution in [0.5, 0.6) is 28.7 Å². The molecule has 2 N–H and O–H groups in total. The highest BCUT2D eigenvalue weighted by atomic mass is 32.2. The Labute approximate surface area is 215 Å². The molecule has 0 saturated carbocycles. The van der Waals surface area contributed by atoms with Gasteiger partial charge >= 0.3 is 0 Å². The Morgan fingerprint density at radius 2 is 1.62 bits per heavy atom. The van der Waals surface area contributed by atoms with Gasteiger partial charge in [0.2, 0.25) is 13.6 Å². The molecule has 0 bridgehead atoms. The monoisotopic (exact) mass is 517 g/mol. The maximum Gasteiger partial charge on any atom is 0.271 e. The molecule has 0 atom stereocenters. The van der Waals surface area contributed by atoms with Gasteiger partial charge in [-0.15, -0.1) is 0 Å². The van der Waals surface area contributed by atoms with Gasteiger partial charge in [-0.1, -0.05) is 12.1 Å². The normalized spacial score (nSPS) is 17.6. The molecule has 2 amide bonds. The van der Waals surface area contributed by atoms with Crippen LogP contribution < -0.4 is 34.3 Å². The predicted octanol–water partition coefficient (Wildman–Crippen LogP) is 3.82. The van der Waals surface area contributed by atoms with E-state index in [9.17, 15) is 9.59 Å². The Morgan fingerprint density at radius 3 is 2.35 bits per heavy atom. The number of aliphatic imine (C=N–C) groups is 1. The molecule has 0 aliphatic carbocycles. The third kappa shape index (κ3) is 4.64. The minimum atomic E-state index is -0.558. The molecule has 0 spiro atoms.